The second kappa shape index (κ2) is 8.37. The van der Waals surface area contributed by atoms with Crippen molar-refractivity contribution in [3.05, 3.63) is 23.0 Å². The summed E-state index contributed by atoms with van der Waals surface area (Å²) in [6.45, 7) is 6.07. The second-order valence-corrected chi connectivity index (χ2v) is 7.14. The summed E-state index contributed by atoms with van der Waals surface area (Å²) in [6.07, 6.45) is 5.99. The predicted molar refractivity (Wildman–Crippen MR) is 98.0 cm³/mol. The zero-order valence-corrected chi connectivity index (χ0v) is 15.5. The number of aliphatic hydroxyl groups excluding tert-OH is 1. The average Bonchev–Trinajstić information content (AvgIpc) is 3.09. The minimum atomic E-state index is -0.357. The number of amides is 1. The highest BCUT2D eigenvalue weighted by molar-refractivity contribution is 5.95. The van der Waals surface area contributed by atoms with Crippen LogP contribution in [0.2, 0.25) is 0 Å². The third-order valence-electron chi connectivity index (χ3n) is 5.50. The highest BCUT2D eigenvalue weighted by Gasteiger charge is 2.26. The number of aliphatic hydroxyl groups is 1. The zero-order chi connectivity index (χ0) is 16.4. The highest BCUT2D eigenvalue weighted by Crippen LogP contribution is 2.32. The monoisotopic (exact) mass is 355 g/mol. The van der Waals surface area contributed by atoms with Crippen LogP contribution in [0.4, 0.5) is 0 Å². The molecule has 1 saturated heterocycles. The number of carbonyl (C=O) groups is 1. The van der Waals surface area contributed by atoms with Crippen molar-refractivity contribution < 1.29 is 9.90 Å². The number of aryl methyl sites for hydroxylation is 1. The van der Waals surface area contributed by atoms with Gasteiger partial charge < -0.3 is 20.3 Å². The van der Waals surface area contributed by atoms with Gasteiger partial charge in [-0.05, 0) is 32.8 Å². The number of hydrogen-bond donors (Lipinski definition) is 3. The van der Waals surface area contributed by atoms with Crippen LogP contribution in [0.1, 0.15) is 59.9 Å². The van der Waals surface area contributed by atoms with Gasteiger partial charge in [0.2, 0.25) is 0 Å². The molecule has 1 aliphatic carbocycles. The molecule has 6 heteroatoms. The Hall–Kier alpha value is -1.04. The first-order valence-corrected chi connectivity index (χ1v) is 8.93. The van der Waals surface area contributed by atoms with Crippen LogP contribution >= 0.6 is 12.4 Å². The lowest BCUT2D eigenvalue weighted by Crippen LogP contribution is -2.34. The lowest BCUT2D eigenvalue weighted by molar-refractivity contribution is 0.0926. The molecule has 1 amide bonds. The molecule has 1 aromatic heterocycles. The molecule has 2 fully saturated rings. The molecule has 0 bridgehead atoms. The quantitative estimate of drug-likeness (QED) is 0.776. The van der Waals surface area contributed by atoms with Crippen molar-refractivity contribution in [1.29, 1.82) is 0 Å². The largest absolute Gasteiger partial charge is 0.391 e. The number of hydrogen-bond acceptors (Lipinski definition) is 3. The molecule has 1 aromatic rings. The summed E-state index contributed by atoms with van der Waals surface area (Å²) in [5, 5.41) is 16.0. The molecule has 1 saturated carbocycles. The normalized spacial score (nSPS) is 24.6. The number of β-amino-alcohol motifs (C(OH)–C–C–N with tert-alkyl or cyclic N) is 1. The fourth-order valence-corrected chi connectivity index (χ4v) is 4.15. The van der Waals surface area contributed by atoms with Crippen LogP contribution in [0.15, 0.2) is 6.07 Å². The third kappa shape index (κ3) is 3.95. The number of halogens is 1. The molecule has 0 radical (unpaired) electrons. The predicted octanol–water partition coefficient (Wildman–Crippen LogP) is 2.34. The van der Waals surface area contributed by atoms with Crippen molar-refractivity contribution in [2.24, 2.45) is 5.92 Å². The molecule has 0 spiro atoms. The van der Waals surface area contributed by atoms with E-state index in [4.69, 9.17) is 0 Å². The van der Waals surface area contributed by atoms with Crippen molar-refractivity contribution in [3.63, 3.8) is 0 Å². The summed E-state index contributed by atoms with van der Waals surface area (Å²) >= 11 is 0. The first-order valence-electron chi connectivity index (χ1n) is 8.93. The van der Waals surface area contributed by atoms with Crippen molar-refractivity contribution in [3.8, 4) is 0 Å². The molecule has 2 atom stereocenters. The van der Waals surface area contributed by atoms with Gasteiger partial charge in [-0.15, -0.1) is 12.4 Å². The molecule has 136 valence electrons. The summed E-state index contributed by atoms with van der Waals surface area (Å²) in [4.78, 5) is 12.6. The van der Waals surface area contributed by atoms with Gasteiger partial charge in [-0.25, -0.2) is 0 Å². The zero-order valence-electron chi connectivity index (χ0n) is 14.7. The van der Waals surface area contributed by atoms with Crippen LogP contribution < -0.4 is 10.6 Å². The summed E-state index contributed by atoms with van der Waals surface area (Å²) < 4.78 is 2.36. The van der Waals surface area contributed by atoms with Gasteiger partial charge in [0.25, 0.3) is 5.91 Å². The van der Waals surface area contributed by atoms with Crippen molar-refractivity contribution >= 4 is 18.3 Å². The van der Waals surface area contributed by atoms with Gasteiger partial charge >= 0.3 is 0 Å². The van der Waals surface area contributed by atoms with Gasteiger partial charge in [0.05, 0.1) is 11.7 Å². The van der Waals surface area contributed by atoms with Gasteiger partial charge in [-0.1, -0.05) is 19.3 Å². The van der Waals surface area contributed by atoms with Crippen LogP contribution in [0.5, 0.6) is 0 Å². The van der Waals surface area contributed by atoms with Crippen LogP contribution in [-0.2, 0) is 0 Å². The number of nitrogens with zero attached hydrogens (tertiary/aromatic N) is 1. The Balaban J connectivity index is 0.00000208. The van der Waals surface area contributed by atoms with E-state index in [-0.39, 0.29) is 30.3 Å². The number of nitrogens with one attached hydrogen (secondary N) is 2. The Labute approximate surface area is 150 Å². The first kappa shape index (κ1) is 19.3. The maximum Gasteiger partial charge on any atom is 0.253 e. The Kier molecular flexibility index (Phi) is 6.72. The minimum Gasteiger partial charge on any atom is -0.391 e. The van der Waals surface area contributed by atoms with Gasteiger partial charge in [0.15, 0.2) is 0 Å². The molecule has 1 aliphatic heterocycles. The molecule has 0 aromatic carbocycles. The molecule has 2 heterocycles. The summed E-state index contributed by atoms with van der Waals surface area (Å²) in [7, 11) is 0. The molecule has 3 N–H and O–H groups in total. The Morgan fingerprint density at radius 1 is 1.29 bits per heavy atom. The SMILES string of the molecule is Cc1cc(C(=O)NCC2CNCC2O)c(C)n1C1CCCCC1.Cl. The van der Waals surface area contributed by atoms with E-state index in [2.05, 4.69) is 29.0 Å². The van der Waals surface area contributed by atoms with E-state index in [1.54, 1.807) is 0 Å². The Bertz CT molecular complexity index is 567. The van der Waals surface area contributed by atoms with Crippen LogP contribution in [0.3, 0.4) is 0 Å². The maximum absolute atomic E-state index is 12.6. The standard InChI is InChI=1S/C18H29N3O2.ClH/c1-12-8-16(13(2)21(12)15-6-4-3-5-7-15)18(23)20-10-14-9-19-11-17(14)22;/h8,14-15,17,19,22H,3-7,9-11H2,1-2H3,(H,20,23);1H. The Morgan fingerprint density at radius 2 is 2.00 bits per heavy atom. The van der Waals surface area contributed by atoms with Crippen molar-refractivity contribution in [2.75, 3.05) is 19.6 Å². The molecule has 3 rings (SSSR count). The van der Waals surface area contributed by atoms with Gasteiger partial charge in [0, 0.05) is 43.0 Å². The molecule has 2 aliphatic rings. The third-order valence-corrected chi connectivity index (χ3v) is 5.50. The van der Waals surface area contributed by atoms with Gasteiger partial charge in [-0.2, -0.15) is 0 Å². The molecular weight excluding hydrogens is 326 g/mol. The van der Waals surface area contributed by atoms with Crippen LogP contribution in [0, 0.1) is 19.8 Å². The summed E-state index contributed by atoms with van der Waals surface area (Å²) in [5.41, 5.74) is 3.05. The van der Waals surface area contributed by atoms with E-state index in [1.165, 1.54) is 37.8 Å². The minimum absolute atomic E-state index is 0. The summed E-state index contributed by atoms with van der Waals surface area (Å²) in [5.74, 6) is 0.0973. The molecule has 5 nitrogen and oxygen atoms in total. The molecule has 2 unspecified atom stereocenters. The highest BCUT2D eigenvalue weighted by atomic mass is 35.5. The lowest BCUT2D eigenvalue weighted by atomic mass is 9.95. The van der Waals surface area contributed by atoms with E-state index in [0.717, 1.165) is 17.8 Å². The summed E-state index contributed by atoms with van der Waals surface area (Å²) in [6, 6.07) is 2.56. The van der Waals surface area contributed by atoms with Crippen molar-refractivity contribution in [1.82, 2.24) is 15.2 Å². The second-order valence-electron chi connectivity index (χ2n) is 7.14. The number of aromatic nitrogens is 1. The van der Waals surface area contributed by atoms with Gasteiger partial charge in [-0.3, -0.25) is 4.79 Å². The van der Waals surface area contributed by atoms with E-state index < -0.39 is 0 Å². The fourth-order valence-electron chi connectivity index (χ4n) is 4.15. The van der Waals surface area contributed by atoms with E-state index in [1.807, 2.05) is 6.07 Å². The maximum atomic E-state index is 12.6. The molecular formula is C18H30ClN3O2. The topological polar surface area (TPSA) is 66.3 Å². The number of carbonyl (C=O) groups excluding carboxylic acids is 1. The lowest BCUT2D eigenvalue weighted by Gasteiger charge is -2.26. The van der Waals surface area contributed by atoms with E-state index in [9.17, 15) is 9.90 Å². The van der Waals surface area contributed by atoms with Crippen LogP contribution in [-0.4, -0.2) is 41.3 Å². The first-order chi connectivity index (χ1) is 11.1. The van der Waals surface area contributed by atoms with E-state index in [0.29, 0.717) is 19.1 Å². The average molecular weight is 356 g/mol. The molecule has 24 heavy (non-hydrogen) atoms. The Morgan fingerprint density at radius 3 is 2.62 bits per heavy atom. The fraction of sp³-hybridized carbons (Fsp3) is 0.722. The smallest absolute Gasteiger partial charge is 0.253 e. The van der Waals surface area contributed by atoms with Crippen LogP contribution in [0.25, 0.3) is 0 Å². The van der Waals surface area contributed by atoms with Crippen molar-refractivity contribution in [2.45, 2.75) is 58.1 Å². The number of rotatable bonds is 4. The van der Waals surface area contributed by atoms with Gasteiger partial charge in [0.1, 0.15) is 0 Å². The van der Waals surface area contributed by atoms with E-state index >= 15 is 0 Å².